The van der Waals surface area contributed by atoms with Crippen molar-refractivity contribution in [2.45, 2.75) is 44.9 Å². The second-order valence-corrected chi connectivity index (χ2v) is 5.80. The molecule has 19 heavy (non-hydrogen) atoms. The van der Waals surface area contributed by atoms with Gasteiger partial charge < -0.3 is 10.1 Å². The van der Waals surface area contributed by atoms with Crippen LogP contribution in [0.5, 0.6) is 0 Å². The first-order chi connectivity index (χ1) is 9.28. The van der Waals surface area contributed by atoms with E-state index in [1.165, 1.54) is 17.7 Å². The van der Waals surface area contributed by atoms with E-state index in [1.807, 2.05) is 0 Å². The zero-order valence-corrected chi connectivity index (χ0v) is 11.9. The lowest BCUT2D eigenvalue weighted by atomic mass is 9.96. The predicted octanol–water partition coefficient (Wildman–Crippen LogP) is 2.52. The molecule has 104 valence electrons. The molecule has 0 saturated carbocycles. The second-order valence-electron chi connectivity index (χ2n) is 5.80. The van der Waals surface area contributed by atoms with Crippen molar-refractivity contribution in [2.24, 2.45) is 0 Å². The number of anilines is 1. The average Bonchev–Trinajstić information content (AvgIpc) is 2.46. The molecule has 2 heterocycles. The molecule has 1 fully saturated rings. The molecule has 0 aliphatic carbocycles. The Kier molecular flexibility index (Phi) is 3.76. The summed E-state index contributed by atoms with van der Waals surface area (Å²) in [5, 5.41) is 3.59. The number of rotatable bonds is 2. The van der Waals surface area contributed by atoms with Crippen LogP contribution < -0.4 is 5.32 Å². The smallest absolute Gasteiger partial charge is 0.0674 e. The lowest BCUT2D eigenvalue weighted by Crippen LogP contribution is -2.56. The first-order valence-corrected chi connectivity index (χ1v) is 7.47. The van der Waals surface area contributed by atoms with Crippen molar-refractivity contribution in [2.75, 3.05) is 25.0 Å². The molecular weight excluding hydrogens is 236 g/mol. The Balaban J connectivity index is 1.75. The topological polar surface area (TPSA) is 24.5 Å². The lowest BCUT2D eigenvalue weighted by molar-refractivity contribution is -0.0708. The minimum Gasteiger partial charge on any atom is -0.383 e. The molecule has 3 rings (SSSR count). The normalized spacial score (nSPS) is 31.6. The highest BCUT2D eigenvalue weighted by Gasteiger charge is 2.32. The van der Waals surface area contributed by atoms with Gasteiger partial charge in [0, 0.05) is 30.9 Å². The molecule has 1 N–H and O–H groups in total. The number of nitrogens with zero attached hydrogens (tertiary/aromatic N) is 1. The number of ether oxygens (including phenoxy) is 1. The molecular formula is C16H24N2O. The maximum absolute atomic E-state index is 5.81. The average molecular weight is 260 g/mol. The van der Waals surface area contributed by atoms with Crippen LogP contribution in [0.25, 0.3) is 0 Å². The van der Waals surface area contributed by atoms with E-state index in [-0.39, 0.29) is 0 Å². The largest absolute Gasteiger partial charge is 0.383 e. The standard InChI is InChI=1S/C16H24N2O/c1-3-14-11-19-12(2)10-18(14)15-8-13-6-4-5-7-16(13)17-9-15/h4-7,12,14-15,17H,3,8-11H2,1-2H3. The van der Waals surface area contributed by atoms with E-state index < -0.39 is 0 Å². The number of para-hydroxylation sites is 1. The van der Waals surface area contributed by atoms with Crippen LogP contribution in [0.3, 0.4) is 0 Å². The van der Waals surface area contributed by atoms with Gasteiger partial charge in [0.15, 0.2) is 0 Å². The highest BCUT2D eigenvalue weighted by atomic mass is 16.5. The number of fused-ring (bicyclic) bond motifs is 1. The van der Waals surface area contributed by atoms with Crippen LogP contribution in [0.1, 0.15) is 25.8 Å². The van der Waals surface area contributed by atoms with E-state index in [2.05, 4.69) is 48.3 Å². The van der Waals surface area contributed by atoms with Crippen LogP contribution in [0.2, 0.25) is 0 Å². The minimum absolute atomic E-state index is 0.361. The molecule has 1 aromatic rings. The van der Waals surface area contributed by atoms with Gasteiger partial charge in [-0.25, -0.2) is 0 Å². The molecule has 2 aliphatic heterocycles. The fourth-order valence-corrected chi connectivity index (χ4v) is 3.33. The molecule has 0 aromatic heterocycles. The quantitative estimate of drug-likeness (QED) is 0.884. The number of hydrogen-bond acceptors (Lipinski definition) is 3. The van der Waals surface area contributed by atoms with Gasteiger partial charge in [-0.05, 0) is 31.4 Å². The van der Waals surface area contributed by atoms with Gasteiger partial charge in [-0.3, -0.25) is 4.90 Å². The number of nitrogens with one attached hydrogen (secondary N) is 1. The molecule has 0 bridgehead atoms. The van der Waals surface area contributed by atoms with Gasteiger partial charge in [0.25, 0.3) is 0 Å². The van der Waals surface area contributed by atoms with E-state index >= 15 is 0 Å². The summed E-state index contributed by atoms with van der Waals surface area (Å²) in [6, 6.07) is 9.86. The monoisotopic (exact) mass is 260 g/mol. The van der Waals surface area contributed by atoms with Gasteiger partial charge >= 0.3 is 0 Å². The minimum atomic E-state index is 0.361. The van der Waals surface area contributed by atoms with E-state index in [4.69, 9.17) is 4.74 Å². The predicted molar refractivity (Wildman–Crippen MR) is 78.6 cm³/mol. The molecule has 0 radical (unpaired) electrons. The molecule has 3 unspecified atom stereocenters. The Morgan fingerprint density at radius 2 is 2.21 bits per heavy atom. The van der Waals surface area contributed by atoms with Crippen molar-refractivity contribution in [3.8, 4) is 0 Å². The van der Waals surface area contributed by atoms with E-state index in [0.717, 1.165) is 26.1 Å². The van der Waals surface area contributed by atoms with Crippen molar-refractivity contribution in [1.82, 2.24) is 4.90 Å². The van der Waals surface area contributed by atoms with Crippen molar-refractivity contribution < 1.29 is 4.74 Å². The van der Waals surface area contributed by atoms with Gasteiger partial charge in [0.05, 0.1) is 12.7 Å². The maximum Gasteiger partial charge on any atom is 0.0674 e. The van der Waals surface area contributed by atoms with Crippen molar-refractivity contribution in [1.29, 1.82) is 0 Å². The Bertz CT molecular complexity index is 435. The summed E-state index contributed by atoms with van der Waals surface area (Å²) in [6.45, 7) is 7.45. The molecule has 0 amide bonds. The van der Waals surface area contributed by atoms with Gasteiger partial charge in [-0.15, -0.1) is 0 Å². The van der Waals surface area contributed by atoms with Crippen LogP contribution >= 0.6 is 0 Å². The second kappa shape index (κ2) is 5.51. The van der Waals surface area contributed by atoms with E-state index in [9.17, 15) is 0 Å². The van der Waals surface area contributed by atoms with Gasteiger partial charge in [0.1, 0.15) is 0 Å². The lowest BCUT2D eigenvalue weighted by Gasteiger charge is -2.44. The highest BCUT2D eigenvalue weighted by Crippen LogP contribution is 2.27. The Labute approximate surface area is 115 Å². The number of hydrogen-bond donors (Lipinski definition) is 1. The van der Waals surface area contributed by atoms with E-state index in [1.54, 1.807) is 0 Å². The summed E-state index contributed by atoms with van der Waals surface area (Å²) < 4.78 is 5.81. The maximum atomic E-state index is 5.81. The van der Waals surface area contributed by atoms with Crippen molar-refractivity contribution >= 4 is 5.69 Å². The summed E-state index contributed by atoms with van der Waals surface area (Å²) in [5.74, 6) is 0. The van der Waals surface area contributed by atoms with Gasteiger partial charge in [-0.2, -0.15) is 0 Å². The van der Waals surface area contributed by atoms with E-state index in [0.29, 0.717) is 18.2 Å². The first kappa shape index (κ1) is 12.9. The molecule has 3 nitrogen and oxygen atoms in total. The SMILES string of the molecule is CCC1COC(C)CN1C1CNc2ccccc2C1. The summed E-state index contributed by atoms with van der Waals surface area (Å²) >= 11 is 0. The molecule has 3 atom stereocenters. The molecule has 2 aliphatic rings. The third-order valence-corrected chi connectivity index (χ3v) is 4.45. The van der Waals surface area contributed by atoms with Crippen LogP contribution in [0.4, 0.5) is 5.69 Å². The van der Waals surface area contributed by atoms with Crippen LogP contribution in [0, 0.1) is 0 Å². The summed E-state index contributed by atoms with van der Waals surface area (Å²) in [6.07, 6.45) is 2.69. The van der Waals surface area contributed by atoms with Crippen LogP contribution in [-0.2, 0) is 11.2 Å². The zero-order valence-electron chi connectivity index (χ0n) is 11.9. The molecule has 0 spiro atoms. The molecule has 3 heteroatoms. The van der Waals surface area contributed by atoms with Crippen LogP contribution in [-0.4, -0.2) is 42.8 Å². The van der Waals surface area contributed by atoms with Gasteiger partial charge in [0.2, 0.25) is 0 Å². The number of morpholine rings is 1. The first-order valence-electron chi connectivity index (χ1n) is 7.47. The Morgan fingerprint density at radius 3 is 3.05 bits per heavy atom. The third kappa shape index (κ3) is 2.63. The highest BCUT2D eigenvalue weighted by molar-refractivity contribution is 5.53. The molecule has 1 saturated heterocycles. The molecule has 1 aromatic carbocycles. The fraction of sp³-hybridized carbons (Fsp3) is 0.625. The van der Waals surface area contributed by atoms with Crippen LogP contribution in [0.15, 0.2) is 24.3 Å². The third-order valence-electron chi connectivity index (χ3n) is 4.45. The summed E-state index contributed by atoms with van der Waals surface area (Å²) in [5.41, 5.74) is 2.76. The summed E-state index contributed by atoms with van der Waals surface area (Å²) in [7, 11) is 0. The number of benzene rings is 1. The summed E-state index contributed by atoms with van der Waals surface area (Å²) in [4.78, 5) is 2.66. The Morgan fingerprint density at radius 1 is 1.37 bits per heavy atom. The van der Waals surface area contributed by atoms with Crippen molar-refractivity contribution in [3.05, 3.63) is 29.8 Å². The van der Waals surface area contributed by atoms with Gasteiger partial charge in [-0.1, -0.05) is 25.1 Å². The fourth-order valence-electron chi connectivity index (χ4n) is 3.33. The Hall–Kier alpha value is -1.06. The van der Waals surface area contributed by atoms with Crippen molar-refractivity contribution in [3.63, 3.8) is 0 Å². The zero-order chi connectivity index (χ0) is 13.2.